The topological polar surface area (TPSA) is 44.8 Å². The fraction of sp³-hybridized carbons (Fsp3) is 0.938. The van der Waals surface area contributed by atoms with E-state index in [-0.39, 0.29) is 17.2 Å². The maximum Gasteiger partial charge on any atom is 0.504 e. The van der Waals surface area contributed by atoms with Crippen LogP contribution < -0.4 is 0 Å². The molecule has 1 saturated carbocycles. The molecule has 1 aliphatic rings. The van der Waals surface area contributed by atoms with E-state index in [2.05, 4.69) is 19.6 Å². The molecule has 130 valence electrons. The van der Waals surface area contributed by atoms with Crippen LogP contribution in [0.5, 0.6) is 0 Å². The summed E-state index contributed by atoms with van der Waals surface area (Å²) in [5.74, 6) is 1.36. The highest BCUT2D eigenvalue weighted by Gasteiger charge is 2.50. The van der Waals surface area contributed by atoms with Gasteiger partial charge in [0.15, 0.2) is 0 Å². The summed E-state index contributed by atoms with van der Waals surface area (Å²) < 4.78 is 18.1. The zero-order valence-electron chi connectivity index (χ0n) is 14.5. The summed E-state index contributed by atoms with van der Waals surface area (Å²) in [6.07, 6.45) is 4.02. The molecular formula is C16H32O4SSi. The molecule has 6 heteroatoms. The molecular weight excluding hydrogens is 316 g/mol. The normalized spacial score (nSPS) is 24.2. The van der Waals surface area contributed by atoms with Gasteiger partial charge in [-0.2, -0.15) is 12.6 Å². The molecule has 1 fully saturated rings. The van der Waals surface area contributed by atoms with Crippen molar-refractivity contribution in [2.75, 3.05) is 25.6 Å². The Hall–Kier alpha value is 0.117. The molecule has 0 N–H and O–H groups in total. The molecule has 0 heterocycles. The molecule has 4 nitrogen and oxygen atoms in total. The van der Waals surface area contributed by atoms with Crippen molar-refractivity contribution >= 4 is 27.2 Å². The van der Waals surface area contributed by atoms with Crippen LogP contribution in [0.3, 0.4) is 0 Å². The zero-order valence-corrected chi connectivity index (χ0v) is 16.4. The lowest BCUT2D eigenvalue weighted by Gasteiger charge is -2.39. The van der Waals surface area contributed by atoms with Crippen molar-refractivity contribution in [2.24, 2.45) is 11.8 Å². The molecule has 0 aromatic carbocycles. The smallest absolute Gasteiger partial charge is 0.374 e. The predicted molar refractivity (Wildman–Crippen MR) is 94.4 cm³/mol. The average Bonchev–Trinajstić information content (AvgIpc) is 2.54. The fourth-order valence-corrected chi connectivity index (χ4v) is 6.90. The third-order valence-electron chi connectivity index (χ3n) is 4.68. The van der Waals surface area contributed by atoms with Crippen LogP contribution in [0.4, 0.5) is 0 Å². The van der Waals surface area contributed by atoms with Crippen molar-refractivity contribution in [3.63, 3.8) is 0 Å². The van der Waals surface area contributed by atoms with Crippen molar-refractivity contribution in [3.05, 3.63) is 0 Å². The van der Waals surface area contributed by atoms with E-state index in [0.29, 0.717) is 31.5 Å². The summed E-state index contributed by atoms with van der Waals surface area (Å²) in [7, 11) is -2.64. The number of hydrogen-bond acceptors (Lipinski definition) is 5. The van der Waals surface area contributed by atoms with Gasteiger partial charge in [0.1, 0.15) is 5.78 Å². The van der Waals surface area contributed by atoms with Gasteiger partial charge in [0.2, 0.25) is 0 Å². The standard InChI is InChI=1S/C16H32O4SSi/c1-5-18-22(19-6-2,20-7-3)13(4)14-8-10-15(11-9-14)16(17)12-21/h13-15,21H,5-12H2,1-4H3. The summed E-state index contributed by atoms with van der Waals surface area (Å²) in [5.41, 5.74) is 0.277. The van der Waals surface area contributed by atoms with E-state index in [1.54, 1.807) is 0 Å². The SMILES string of the molecule is CCO[Si](OCC)(OCC)C(C)C1CCC(C(=O)CS)CC1. The number of carbonyl (C=O) groups is 1. The van der Waals surface area contributed by atoms with Gasteiger partial charge in [-0.05, 0) is 52.4 Å². The van der Waals surface area contributed by atoms with Gasteiger partial charge in [-0.3, -0.25) is 4.79 Å². The van der Waals surface area contributed by atoms with Crippen LogP contribution in [0.1, 0.15) is 53.4 Å². The van der Waals surface area contributed by atoms with Crippen molar-refractivity contribution < 1.29 is 18.1 Å². The Morgan fingerprint density at radius 2 is 1.50 bits per heavy atom. The van der Waals surface area contributed by atoms with Crippen LogP contribution in [0.2, 0.25) is 5.54 Å². The van der Waals surface area contributed by atoms with Crippen LogP contribution in [-0.4, -0.2) is 40.2 Å². The van der Waals surface area contributed by atoms with Gasteiger partial charge in [0, 0.05) is 37.0 Å². The molecule has 1 rings (SSSR count). The van der Waals surface area contributed by atoms with Crippen LogP contribution in [0.15, 0.2) is 0 Å². The number of rotatable bonds is 10. The van der Waals surface area contributed by atoms with Crippen molar-refractivity contribution in [3.8, 4) is 0 Å². The summed E-state index contributed by atoms with van der Waals surface area (Å²) >= 11 is 4.12. The van der Waals surface area contributed by atoms with Crippen LogP contribution in [-0.2, 0) is 18.1 Å². The minimum atomic E-state index is -2.64. The highest BCUT2D eigenvalue weighted by atomic mass is 32.1. The predicted octanol–water partition coefficient (Wildman–Crippen LogP) is 3.73. The summed E-state index contributed by atoms with van der Waals surface area (Å²) in [6, 6.07) is 0. The minimum absolute atomic E-state index is 0.197. The van der Waals surface area contributed by atoms with Gasteiger partial charge < -0.3 is 13.3 Å². The lowest BCUT2D eigenvalue weighted by molar-refractivity contribution is -0.121. The van der Waals surface area contributed by atoms with Crippen molar-refractivity contribution in [1.82, 2.24) is 0 Å². The van der Waals surface area contributed by atoms with Gasteiger partial charge in [0.25, 0.3) is 0 Å². The second-order valence-corrected chi connectivity index (χ2v) is 9.23. The first-order valence-corrected chi connectivity index (χ1v) is 11.0. The van der Waals surface area contributed by atoms with Gasteiger partial charge in [-0.25, -0.2) is 0 Å². The maximum atomic E-state index is 11.8. The molecule has 0 bridgehead atoms. The first-order chi connectivity index (χ1) is 10.5. The van der Waals surface area contributed by atoms with E-state index in [0.717, 1.165) is 25.7 Å². The largest absolute Gasteiger partial charge is 0.504 e. The zero-order chi connectivity index (χ0) is 16.6. The Morgan fingerprint density at radius 3 is 1.86 bits per heavy atom. The monoisotopic (exact) mass is 348 g/mol. The average molecular weight is 349 g/mol. The Kier molecular flexibility index (Phi) is 9.24. The molecule has 1 atom stereocenters. The quantitative estimate of drug-likeness (QED) is 0.483. The second-order valence-electron chi connectivity index (χ2n) is 5.93. The first kappa shape index (κ1) is 20.2. The van der Waals surface area contributed by atoms with Crippen LogP contribution in [0.25, 0.3) is 0 Å². The maximum absolute atomic E-state index is 11.8. The van der Waals surface area contributed by atoms with Crippen molar-refractivity contribution in [2.45, 2.75) is 58.9 Å². The minimum Gasteiger partial charge on any atom is -0.374 e. The number of ketones is 1. The molecule has 0 aliphatic heterocycles. The molecule has 0 saturated heterocycles. The third-order valence-corrected chi connectivity index (χ3v) is 8.66. The Balaban J connectivity index is 2.73. The van der Waals surface area contributed by atoms with E-state index in [4.69, 9.17) is 13.3 Å². The molecule has 22 heavy (non-hydrogen) atoms. The molecule has 0 radical (unpaired) electrons. The molecule has 1 unspecified atom stereocenters. The van der Waals surface area contributed by atoms with E-state index >= 15 is 0 Å². The number of carbonyl (C=O) groups excluding carboxylic acids is 1. The molecule has 0 spiro atoms. The van der Waals surface area contributed by atoms with E-state index in [1.165, 1.54) is 0 Å². The molecule has 0 aromatic rings. The molecule has 1 aliphatic carbocycles. The van der Waals surface area contributed by atoms with Gasteiger partial charge in [0.05, 0.1) is 0 Å². The first-order valence-electron chi connectivity index (χ1n) is 8.59. The Morgan fingerprint density at radius 1 is 1.05 bits per heavy atom. The van der Waals surface area contributed by atoms with Gasteiger partial charge in [-0.1, -0.05) is 6.92 Å². The van der Waals surface area contributed by atoms with E-state index in [9.17, 15) is 4.79 Å². The lowest BCUT2D eigenvalue weighted by atomic mass is 9.79. The fourth-order valence-electron chi connectivity index (χ4n) is 3.48. The Bertz CT molecular complexity index is 315. The number of thiol groups is 1. The number of hydrogen-bond donors (Lipinski definition) is 1. The summed E-state index contributed by atoms with van der Waals surface area (Å²) in [5, 5.41) is 0. The highest BCUT2D eigenvalue weighted by Crippen LogP contribution is 2.42. The van der Waals surface area contributed by atoms with Crippen LogP contribution in [0, 0.1) is 11.8 Å². The molecule has 0 amide bonds. The van der Waals surface area contributed by atoms with Crippen molar-refractivity contribution in [1.29, 1.82) is 0 Å². The Labute approximate surface area is 142 Å². The van der Waals surface area contributed by atoms with Gasteiger partial charge >= 0.3 is 8.80 Å². The van der Waals surface area contributed by atoms with Crippen LogP contribution >= 0.6 is 12.6 Å². The van der Waals surface area contributed by atoms with Gasteiger partial charge in [-0.15, -0.1) is 0 Å². The lowest BCUT2D eigenvalue weighted by Crippen LogP contribution is -2.52. The second kappa shape index (κ2) is 10.1. The molecule has 0 aromatic heterocycles. The summed E-state index contributed by atoms with van der Waals surface area (Å²) in [6.45, 7) is 10.0. The summed E-state index contributed by atoms with van der Waals surface area (Å²) in [4.78, 5) is 11.8. The highest BCUT2D eigenvalue weighted by molar-refractivity contribution is 7.81. The van der Waals surface area contributed by atoms with E-state index in [1.807, 2.05) is 20.8 Å². The van der Waals surface area contributed by atoms with E-state index < -0.39 is 8.80 Å². The number of Topliss-reactive ketones (excluding diaryl/α,β-unsaturated/α-hetero) is 1. The third kappa shape index (κ3) is 5.06.